The van der Waals surface area contributed by atoms with Gasteiger partial charge in [0.1, 0.15) is 6.61 Å². The molecule has 0 aliphatic heterocycles. The fraction of sp³-hybridized carbons (Fsp3) is 0.667. The van der Waals surface area contributed by atoms with Crippen LogP contribution >= 0.6 is 11.6 Å². The van der Waals surface area contributed by atoms with Gasteiger partial charge in [-0.05, 0) is 19.3 Å². The van der Waals surface area contributed by atoms with Crippen LogP contribution in [0.5, 0.6) is 0 Å². The maximum atomic E-state index is 10.2. The van der Waals surface area contributed by atoms with E-state index in [0.29, 0.717) is 6.61 Å². The summed E-state index contributed by atoms with van der Waals surface area (Å²) < 4.78 is 9.92. The van der Waals surface area contributed by atoms with Crippen LogP contribution in [0.4, 0.5) is 4.79 Å². The van der Waals surface area contributed by atoms with Gasteiger partial charge in [0, 0.05) is 11.6 Å². The molecule has 1 aliphatic carbocycles. The summed E-state index contributed by atoms with van der Waals surface area (Å²) in [5.41, 5.74) is -0.775. The van der Waals surface area contributed by atoms with E-state index in [2.05, 4.69) is 10.8 Å². The van der Waals surface area contributed by atoms with Crippen molar-refractivity contribution in [2.75, 3.05) is 13.2 Å². The minimum atomic E-state index is -0.775. The lowest BCUT2D eigenvalue weighted by molar-refractivity contribution is 0.0431. The van der Waals surface area contributed by atoms with E-state index in [1.54, 1.807) is 0 Å². The maximum Gasteiger partial charge on any atom is 0.403 e. The summed E-state index contributed by atoms with van der Waals surface area (Å²) in [5, 5.41) is 0. The Morgan fingerprint density at radius 1 is 1.54 bits per heavy atom. The topological polar surface area (TPSA) is 35.5 Å². The zero-order valence-corrected chi connectivity index (χ0v) is 8.13. The van der Waals surface area contributed by atoms with Crippen LogP contribution < -0.4 is 0 Å². The van der Waals surface area contributed by atoms with Gasteiger partial charge < -0.3 is 9.47 Å². The van der Waals surface area contributed by atoms with Crippen LogP contribution in [0, 0.1) is 0 Å². The van der Waals surface area contributed by atoms with Crippen LogP contribution in [0.25, 0.3) is 0 Å². The Kier molecular flexibility index (Phi) is 4.86. The van der Waals surface area contributed by atoms with Crippen LogP contribution in [-0.4, -0.2) is 24.7 Å². The Morgan fingerprint density at radius 2 is 2.38 bits per heavy atom. The Balaban J connectivity index is 2.01. The molecule has 1 rings (SSSR count). The molecule has 0 amide bonds. The van der Waals surface area contributed by atoms with E-state index >= 15 is 0 Å². The lowest BCUT2D eigenvalue weighted by Crippen LogP contribution is -2.16. The summed E-state index contributed by atoms with van der Waals surface area (Å²) >= 11 is 4.97. The molecule has 0 aromatic heterocycles. The summed E-state index contributed by atoms with van der Waals surface area (Å²) in [5.74, 6) is 0. The first-order valence-corrected chi connectivity index (χ1v) is 4.77. The van der Waals surface area contributed by atoms with Crippen molar-refractivity contribution in [2.45, 2.75) is 25.4 Å². The number of allylic oxidation sites excluding steroid dienone is 1. The minimum absolute atomic E-state index is 0.183. The van der Waals surface area contributed by atoms with Gasteiger partial charge in [0.25, 0.3) is 0 Å². The molecule has 0 saturated carbocycles. The normalized spacial score (nSPS) is 21.5. The molecular weight excluding hydrogens is 192 g/mol. The highest BCUT2D eigenvalue weighted by molar-refractivity contribution is 6.61. The molecule has 1 aliphatic rings. The number of carbonyl (C=O) groups excluding carboxylic acids is 1. The first-order valence-electron chi connectivity index (χ1n) is 4.39. The van der Waals surface area contributed by atoms with E-state index in [1.165, 1.54) is 0 Å². The number of rotatable bonds is 4. The Labute approximate surface area is 82.7 Å². The summed E-state index contributed by atoms with van der Waals surface area (Å²) in [6.07, 6.45) is 7.69. The number of hydrogen-bond donors (Lipinski definition) is 0. The van der Waals surface area contributed by atoms with E-state index in [-0.39, 0.29) is 12.7 Å². The van der Waals surface area contributed by atoms with Crippen molar-refractivity contribution in [3.63, 3.8) is 0 Å². The van der Waals surface area contributed by atoms with Crippen molar-refractivity contribution in [3.05, 3.63) is 12.2 Å². The average Bonchev–Trinajstić information content (AvgIpc) is 2.14. The minimum Gasteiger partial charge on any atom is -0.451 e. The lowest BCUT2D eigenvalue weighted by atomic mass is 10.1. The molecule has 13 heavy (non-hydrogen) atoms. The molecule has 0 aromatic rings. The number of carbonyl (C=O) groups is 1. The monoisotopic (exact) mass is 204 g/mol. The number of hydrogen-bond acceptors (Lipinski definition) is 3. The third kappa shape index (κ3) is 4.90. The summed E-state index contributed by atoms with van der Waals surface area (Å²) in [6, 6.07) is 0. The van der Waals surface area contributed by atoms with E-state index in [1.807, 2.05) is 6.08 Å². The summed E-state index contributed by atoms with van der Waals surface area (Å²) in [4.78, 5) is 10.2. The molecule has 0 fully saturated rings. The quantitative estimate of drug-likeness (QED) is 0.401. The SMILES string of the molecule is O=C(Cl)OCCOC1C=CCCC1. The molecule has 0 N–H and O–H groups in total. The van der Waals surface area contributed by atoms with Gasteiger partial charge in [-0.15, -0.1) is 0 Å². The van der Waals surface area contributed by atoms with E-state index in [0.717, 1.165) is 19.3 Å². The molecule has 0 spiro atoms. The van der Waals surface area contributed by atoms with Crippen molar-refractivity contribution >= 4 is 17.0 Å². The molecule has 0 aromatic carbocycles. The largest absolute Gasteiger partial charge is 0.451 e. The van der Waals surface area contributed by atoms with Gasteiger partial charge in [0.15, 0.2) is 0 Å². The molecular formula is C9H13ClO3. The molecule has 74 valence electrons. The van der Waals surface area contributed by atoms with Gasteiger partial charge in [0.05, 0.1) is 12.7 Å². The van der Waals surface area contributed by atoms with Gasteiger partial charge >= 0.3 is 5.43 Å². The average molecular weight is 205 g/mol. The molecule has 0 saturated heterocycles. The van der Waals surface area contributed by atoms with Gasteiger partial charge in [-0.25, -0.2) is 4.79 Å². The third-order valence-corrected chi connectivity index (χ3v) is 1.95. The molecule has 4 heteroatoms. The zero-order chi connectivity index (χ0) is 9.52. The first kappa shape index (κ1) is 10.5. The van der Waals surface area contributed by atoms with Gasteiger partial charge in [-0.1, -0.05) is 12.2 Å². The van der Waals surface area contributed by atoms with Crippen molar-refractivity contribution in [1.29, 1.82) is 0 Å². The number of ether oxygens (including phenoxy) is 2. The van der Waals surface area contributed by atoms with E-state index in [9.17, 15) is 4.79 Å². The molecule has 1 atom stereocenters. The van der Waals surface area contributed by atoms with E-state index < -0.39 is 5.43 Å². The lowest BCUT2D eigenvalue weighted by Gasteiger charge is -2.16. The van der Waals surface area contributed by atoms with Crippen LogP contribution in [0.15, 0.2) is 12.2 Å². The predicted molar refractivity (Wildman–Crippen MR) is 49.9 cm³/mol. The second kappa shape index (κ2) is 6.00. The highest BCUT2D eigenvalue weighted by Crippen LogP contribution is 2.13. The third-order valence-electron chi connectivity index (χ3n) is 1.84. The second-order valence-corrected chi connectivity index (χ2v) is 3.16. The second-order valence-electron chi connectivity index (χ2n) is 2.85. The maximum absolute atomic E-state index is 10.2. The van der Waals surface area contributed by atoms with Gasteiger partial charge in [-0.2, -0.15) is 0 Å². The predicted octanol–water partition coefficient (Wildman–Crippen LogP) is 2.49. The Hall–Kier alpha value is -0.540. The Bertz CT molecular complexity index is 191. The highest BCUT2D eigenvalue weighted by atomic mass is 35.5. The van der Waals surface area contributed by atoms with Crippen molar-refractivity contribution in [3.8, 4) is 0 Å². The standard InChI is InChI=1S/C9H13ClO3/c10-9(11)13-7-6-12-8-4-2-1-3-5-8/h2,4,8H,1,3,5-7H2. The fourth-order valence-electron chi connectivity index (χ4n) is 1.24. The smallest absolute Gasteiger partial charge is 0.403 e. The molecule has 0 radical (unpaired) electrons. The van der Waals surface area contributed by atoms with Crippen molar-refractivity contribution < 1.29 is 14.3 Å². The van der Waals surface area contributed by atoms with Crippen molar-refractivity contribution in [1.82, 2.24) is 0 Å². The Morgan fingerprint density at radius 3 is 3.00 bits per heavy atom. The van der Waals surface area contributed by atoms with Crippen LogP contribution in [0.3, 0.4) is 0 Å². The number of halogens is 1. The highest BCUT2D eigenvalue weighted by Gasteiger charge is 2.07. The van der Waals surface area contributed by atoms with E-state index in [4.69, 9.17) is 16.3 Å². The van der Waals surface area contributed by atoms with Crippen LogP contribution in [0.2, 0.25) is 0 Å². The molecule has 3 nitrogen and oxygen atoms in total. The van der Waals surface area contributed by atoms with Crippen LogP contribution in [0.1, 0.15) is 19.3 Å². The molecule has 0 heterocycles. The molecule has 0 bridgehead atoms. The van der Waals surface area contributed by atoms with Gasteiger partial charge in [-0.3, -0.25) is 0 Å². The zero-order valence-electron chi connectivity index (χ0n) is 7.37. The molecule has 1 unspecified atom stereocenters. The fourth-order valence-corrected chi connectivity index (χ4v) is 1.32. The first-order chi connectivity index (χ1) is 6.29. The summed E-state index contributed by atoms with van der Waals surface area (Å²) in [6.45, 7) is 0.639. The van der Waals surface area contributed by atoms with Gasteiger partial charge in [0.2, 0.25) is 0 Å². The van der Waals surface area contributed by atoms with Crippen LogP contribution in [-0.2, 0) is 9.47 Å². The van der Waals surface area contributed by atoms with Crippen molar-refractivity contribution in [2.24, 2.45) is 0 Å². The summed E-state index contributed by atoms with van der Waals surface area (Å²) in [7, 11) is 0.